The minimum atomic E-state index is 0.225. The Kier molecular flexibility index (Phi) is 6.09. The van der Waals surface area contributed by atoms with Gasteiger partial charge in [-0.05, 0) is 13.8 Å². The van der Waals surface area contributed by atoms with Crippen LogP contribution >= 0.6 is 0 Å². The lowest BCUT2D eigenvalue weighted by atomic mass is 10.5. The molecule has 8 nitrogen and oxygen atoms in total. The number of hydrogen-bond acceptors (Lipinski definition) is 8. The zero-order valence-electron chi connectivity index (χ0n) is 11.0. The topological polar surface area (TPSA) is 98.4 Å². The third-order valence-corrected chi connectivity index (χ3v) is 2.29. The largest absolute Gasteiger partial charge is 0.467 e. The van der Waals surface area contributed by atoms with Crippen LogP contribution in [0.3, 0.4) is 0 Å². The van der Waals surface area contributed by atoms with Gasteiger partial charge in [-0.3, -0.25) is 5.43 Å². The number of aromatic nitrogens is 3. The van der Waals surface area contributed by atoms with E-state index in [-0.39, 0.29) is 12.0 Å². The van der Waals surface area contributed by atoms with Crippen LogP contribution in [0.2, 0.25) is 0 Å². The second-order valence-corrected chi connectivity index (χ2v) is 3.37. The highest BCUT2D eigenvalue weighted by atomic mass is 16.5. The van der Waals surface area contributed by atoms with Crippen molar-refractivity contribution in [1.82, 2.24) is 15.0 Å². The minimum Gasteiger partial charge on any atom is -0.467 e. The molecule has 8 heteroatoms. The molecular weight excluding hydrogens is 236 g/mol. The van der Waals surface area contributed by atoms with Gasteiger partial charge in [-0.15, -0.1) is 0 Å². The van der Waals surface area contributed by atoms with Crippen LogP contribution < -0.4 is 20.9 Å². The van der Waals surface area contributed by atoms with E-state index in [1.165, 1.54) is 7.11 Å². The van der Waals surface area contributed by atoms with Crippen LogP contribution in [0.15, 0.2) is 0 Å². The van der Waals surface area contributed by atoms with Gasteiger partial charge in [0.1, 0.15) is 0 Å². The Labute approximate surface area is 106 Å². The number of rotatable bonds is 8. The highest BCUT2D eigenvalue weighted by molar-refractivity contribution is 5.37. The second kappa shape index (κ2) is 7.62. The number of likely N-dealkylation sites (N-methyl/N-ethyl adjacent to an activating group) is 1. The van der Waals surface area contributed by atoms with Gasteiger partial charge in [-0.1, -0.05) is 0 Å². The van der Waals surface area contributed by atoms with Crippen molar-refractivity contribution in [2.24, 2.45) is 5.84 Å². The molecule has 0 fully saturated rings. The van der Waals surface area contributed by atoms with Crippen molar-refractivity contribution in [3.8, 4) is 6.01 Å². The molecule has 3 N–H and O–H groups in total. The molecule has 102 valence electrons. The summed E-state index contributed by atoms with van der Waals surface area (Å²) < 4.78 is 10.3. The summed E-state index contributed by atoms with van der Waals surface area (Å²) in [6.45, 7) is 6.72. The molecule has 0 radical (unpaired) electrons. The minimum absolute atomic E-state index is 0.225. The zero-order chi connectivity index (χ0) is 13.4. The SMILES string of the molecule is CCOCCN(CC)c1nc(NN)nc(OC)n1. The van der Waals surface area contributed by atoms with Crippen molar-refractivity contribution in [2.45, 2.75) is 13.8 Å². The summed E-state index contributed by atoms with van der Waals surface area (Å²) in [4.78, 5) is 14.3. The Morgan fingerprint density at radius 2 is 2.06 bits per heavy atom. The fourth-order valence-electron chi connectivity index (χ4n) is 1.36. The van der Waals surface area contributed by atoms with Crippen molar-refractivity contribution in [2.75, 3.05) is 43.7 Å². The van der Waals surface area contributed by atoms with Crippen LogP contribution in [0.25, 0.3) is 0 Å². The van der Waals surface area contributed by atoms with E-state index in [0.29, 0.717) is 25.7 Å². The van der Waals surface area contributed by atoms with Gasteiger partial charge in [0.05, 0.1) is 13.7 Å². The summed E-state index contributed by atoms with van der Waals surface area (Å²) >= 11 is 0. The maximum absolute atomic E-state index is 5.32. The summed E-state index contributed by atoms with van der Waals surface area (Å²) in [7, 11) is 1.50. The van der Waals surface area contributed by atoms with E-state index in [1.807, 2.05) is 18.7 Å². The summed E-state index contributed by atoms with van der Waals surface area (Å²) in [5.41, 5.74) is 2.39. The maximum Gasteiger partial charge on any atom is 0.322 e. The predicted molar refractivity (Wildman–Crippen MR) is 68.6 cm³/mol. The van der Waals surface area contributed by atoms with Crippen LogP contribution in [-0.4, -0.2) is 48.4 Å². The second-order valence-electron chi connectivity index (χ2n) is 3.37. The number of anilines is 2. The summed E-state index contributed by atoms with van der Waals surface area (Å²) in [6, 6.07) is 0.225. The van der Waals surface area contributed by atoms with Gasteiger partial charge in [0.15, 0.2) is 0 Å². The molecule has 0 unspecified atom stereocenters. The van der Waals surface area contributed by atoms with Crippen LogP contribution in [0.5, 0.6) is 6.01 Å². The number of hydrazine groups is 1. The van der Waals surface area contributed by atoms with Crippen LogP contribution in [0, 0.1) is 0 Å². The third-order valence-electron chi connectivity index (χ3n) is 2.29. The van der Waals surface area contributed by atoms with Crippen LogP contribution in [0.1, 0.15) is 13.8 Å². The first-order chi connectivity index (χ1) is 8.74. The summed E-state index contributed by atoms with van der Waals surface area (Å²) in [5, 5.41) is 0. The fourth-order valence-corrected chi connectivity index (χ4v) is 1.36. The van der Waals surface area contributed by atoms with E-state index in [4.69, 9.17) is 15.3 Å². The molecule has 1 rings (SSSR count). The first-order valence-electron chi connectivity index (χ1n) is 5.84. The number of nitrogens with zero attached hydrogens (tertiary/aromatic N) is 4. The third kappa shape index (κ3) is 3.97. The molecule has 0 amide bonds. The van der Waals surface area contributed by atoms with Gasteiger partial charge in [0.25, 0.3) is 0 Å². The van der Waals surface area contributed by atoms with Gasteiger partial charge < -0.3 is 14.4 Å². The van der Waals surface area contributed by atoms with Gasteiger partial charge in [-0.2, -0.15) is 15.0 Å². The maximum atomic E-state index is 5.32. The molecule has 1 aromatic heterocycles. The number of nitrogens with two attached hydrogens (primary N) is 1. The molecule has 0 atom stereocenters. The molecule has 0 aliphatic heterocycles. The van der Waals surface area contributed by atoms with Crippen molar-refractivity contribution < 1.29 is 9.47 Å². The summed E-state index contributed by atoms with van der Waals surface area (Å²) in [6.07, 6.45) is 0. The van der Waals surface area contributed by atoms with E-state index in [9.17, 15) is 0 Å². The molecule has 0 aliphatic rings. The summed E-state index contributed by atoms with van der Waals surface area (Å²) in [5.74, 6) is 6.09. The molecule has 1 heterocycles. The molecule has 0 aromatic carbocycles. The number of ether oxygens (including phenoxy) is 2. The lowest BCUT2D eigenvalue weighted by Crippen LogP contribution is -2.29. The van der Waals surface area contributed by atoms with E-state index in [2.05, 4.69) is 20.4 Å². The highest BCUT2D eigenvalue weighted by Crippen LogP contribution is 2.13. The average Bonchev–Trinajstić information content (AvgIpc) is 2.43. The molecule has 0 saturated heterocycles. The Hall–Kier alpha value is -1.67. The van der Waals surface area contributed by atoms with Crippen molar-refractivity contribution in [3.05, 3.63) is 0 Å². The fraction of sp³-hybridized carbons (Fsp3) is 0.700. The lowest BCUT2D eigenvalue weighted by Gasteiger charge is -2.20. The molecular formula is C10H20N6O2. The monoisotopic (exact) mass is 256 g/mol. The normalized spacial score (nSPS) is 10.2. The van der Waals surface area contributed by atoms with Gasteiger partial charge in [0, 0.05) is 19.7 Å². The molecule has 0 bridgehead atoms. The van der Waals surface area contributed by atoms with Gasteiger partial charge >= 0.3 is 6.01 Å². The van der Waals surface area contributed by atoms with E-state index >= 15 is 0 Å². The Morgan fingerprint density at radius 1 is 1.28 bits per heavy atom. The molecule has 0 aliphatic carbocycles. The van der Waals surface area contributed by atoms with Crippen molar-refractivity contribution in [1.29, 1.82) is 0 Å². The predicted octanol–water partition coefficient (Wildman–Crippen LogP) is 0.0286. The zero-order valence-corrected chi connectivity index (χ0v) is 11.0. The highest BCUT2D eigenvalue weighted by Gasteiger charge is 2.12. The van der Waals surface area contributed by atoms with E-state index < -0.39 is 0 Å². The first-order valence-corrected chi connectivity index (χ1v) is 5.84. The Morgan fingerprint density at radius 3 is 2.61 bits per heavy atom. The molecule has 1 aromatic rings. The molecule has 0 spiro atoms. The Balaban J connectivity index is 2.83. The molecule has 0 saturated carbocycles. The smallest absolute Gasteiger partial charge is 0.322 e. The quantitative estimate of drug-likeness (QED) is 0.382. The van der Waals surface area contributed by atoms with Crippen LogP contribution in [-0.2, 0) is 4.74 Å². The number of nitrogens with one attached hydrogen (secondary N) is 1. The van der Waals surface area contributed by atoms with Gasteiger partial charge in [-0.25, -0.2) is 5.84 Å². The number of hydrogen-bond donors (Lipinski definition) is 2. The van der Waals surface area contributed by atoms with E-state index in [1.54, 1.807) is 0 Å². The van der Waals surface area contributed by atoms with Crippen LogP contribution in [0.4, 0.5) is 11.9 Å². The first kappa shape index (κ1) is 14.4. The average molecular weight is 256 g/mol. The molecule has 18 heavy (non-hydrogen) atoms. The van der Waals surface area contributed by atoms with E-state index in [0.717, 1.165) is 6.54 Å². The van der Waals surface area contributed by atoms with Crippen molar-refractivity contribution in [3.63, 3.8) is 0 Å². The Bertz CT molecular complexity index is 340. The lowest BCUT2D eigenvalue weighted by molar-refractivity contribution is 0.153. The standard InChI is InChI=1S/C10H20N6O2/c1-4-16(6-7-18-5-2)9-12-8(15-11)13-10(14-9)17-3/h4-7,11H2,1-3H3,(H,12,13,14,15). The number of nitrogen functional groups attached to an aromatic ring is 1. The van der Waals surface area contributed by atoms with Crippen molar-refractivity contribution >= 4 is 11.9 Å². The van der Waals surface area contributed by atoms with Gasteiger partial charge in [0.2, 0.25) is 11.9 Å². The number of methoxy groups -OCH3 is 1.